The molecule has 1 aromatic carbocycles. The maximum Gasteiger partial charge on any atom is 0.0400 e. The van der Waals surface area contributed by atoms with E-state index in [1.54, 1.807) is 0 Å². The van der Waals surface area contributed by atoms with Crippen LogP contribution in [0, 0.1) is 13.8 Å². The van der Waals surface area contributed by atoms with Crippen molar-refractivity contribution in [3.05, 3.63) is 23.3 Å². The molecule has 0 bridgehead atoms. The van der Waals surface area contributed by atoms with Crippen LogP contribution in [0.3, 0.4) is 0 Å². The van der Waals surface area contributed by atoms with Gasteiger partial charge >= 0.3 is 0 Å². The lowest BCUT2D eigenvalue weighted by molar-refractivity contribution is 0.742. The zero-order valence-electron chi connectivity index (χ0n) is 11.0. The molecule has 2 nitrogen and oxygen atoms in total. The van der Waals surface area contributed by atoms with Gasteiger partial charge in [-0.25, -0.2) is 0 Å². The van der Waals surface area contributed by atoms with E-state index in [0.717, 1.165) is 18.8 Å². The van der Waals surface area contributed by atoms with Crippen LogP contribution in [0.1, 0.15) is 37.8 Å². The van der Waals surface area contributed by atoms with Crippen molar-refractivity contribution in [3.8, 4) is 0 Å². The third kappa shape index (κ3) is 2.91. The van der Waals surface area contributed by atoms with Gasteiger partial charge in [0.05, 0.1) is 0 Å². The molecule has 16 heavy (non-hydrogen) atoms. The molecule has 0 radical (unpaired) electrons. The second-order valence-corrected chi connectivity index (χ2v) is 4.48. The Morgan fingerprint density at radius 2 is 1.56 bits per heavy atom. The van der Waals surface area contributed by atoms with Crippen molar-refractivity contribution in [3.63, 3.8) is 0 Å². The molecule has 0 aromatic heterocycles. The summed E-state index contributed by atoms with van der Waals surface area (Å²) in [6.07, 6.45) is 2.37. The number of aryl methyl sites for hydroxylation is 2. The number of hydrogen-bond acceptors (Lipinski definition) is 2. The average molecular weight is 220 g/mol. The summed E-state index contributed by atoms with van der Waals surface area (Å²) in [5, 5.41) is 0. The van der Waals surface area contributed by atoms with Crippen molar-refractivity contribution in [1.82, 2.24) is 0 Å². The Morgan fingerprint density at radius 1 is 1.00 bits per heavy atom. The number of anilines is 2. The van der Waals surface area contributed by atoms with E-state index in [1.165, 1.54) is 29.7 Å². The van der Waals surface area contributed by atoms with E-state index in [-0.39, 0.29) is 0 Å². The van der Waals surface area contributed by atoms with Crippen molar-refractivity contribution in [1.29, 1.82) is 0 Å². The summed E-state index contributed by atoms with van der Waals surface area (Å²) in [7, 11) is 0. The summed E-state index contributed by atoms with van der Waals surface area (Å²) in [5.41, 5.74) is 10.6. The fourth-order valence-electron chi connectivity index (χ4n) is 2.06. The van der Waals surface area contributed by atoms with E-state index in [9.17, 15) is 0 Å². The lowest BCUT2D eigenvalue weighted by atomic mass is 10.1. The largest absolute Gasteiger partial charge is 0.399 e. The molecule has 0 aliphatic heterocycles. The van der Waals surface area contributed by atoms with Crippen LogP contribution in [0.4, 0.5) is 11.4 Å². The standard InChI is InChI=1S/C14H24N2/c1-5-7-16(8-6-2)14-10-11(3)13(15)9-12(14)4/h9-10H,5-8,15H2,1-4H3. The molecule has 2 heteroatoms. The summed E-state index contributed by atoms with van der Waals surface area (Å²) in [6, 6.07) is 4.30. The molecule has 0 aliphatic rings. The minimum atomic E-state index is 0.897. The molecule has 0 aliphatic carbocycles. The Labute approximate surface area is 99.5 Å². The highest BCUT2D eigenvalue weighted by Crippen LogP contribution is 2.26. The smallest absolute Gasteiger partial charge is 0.0400 e. The van der Waals surface area contributed by atoms with Gasteiger partial charge in [-0.05, 0) is 49.9 Å². The molecule has 0 saturated carbocycles. The summed E-state index contributed by atoms with van der Waals surface area (Å²) in [5.74, 6) is 0. The van der Waals surface area contributed by atoms with E-state index in [4.69, 9.17) is 5.73 Å². The Balaban J connectivity index is 3.03. The highest BCUT2D eigenvalue weighted by atomic mass is 15.1. The van der Waals surface area contributed by atoms with E-state index in [2.05, 4.69) is 44.7 Å². The summed E-state index contributed by atoms with van der Waals surface area (Å²) < 4.78 is 0. The van der Waals surface area contributed by atoms with E-state index < -0.39 is 0 Å². The number of nitrogens with two attached hydrogens (primary N) is 1. The van der Waals surface area contributed by atoms with Gasteiger partial charge in [0.25, 0.3) is 0 Å². The van der Waals surface area contributed by atoms with Crippen molar-refractivity contribution in [2.24, 2.45) is 0 Å². The first-order chi connectivity index (χ1) is 7.60. The quantitative estimate of drug-likeness (QED) is 0.769. The minimum absolute atomic E-state index is 0.897. The van der Waals surface area contributed by atoms with Gasteiger partial charge in [-0.2, -0.15) is 0 Å². The predicted octanol–water partition coefficient (Wildman–Crippen LogP) is 3.51. The fourth-order valence-corrected chi connectivity index (χ4v) is 2.06. The van der Waals surface area contributed by atoms with Crippen LogP contribution in [0.2, 0.25) is 0 Å². The first-order valence-electron chi connectivity index (χ1n) is 6.21. The van der Waals surface area contributed by atoms with Crippen LogP contribution in [0.5, 0.6) is 0 Å². The molecule has 1 rings (SSSR count). The van der Waals surface area contributed by atoms with E-state index in [1.807, 2.05) is 0 Å². The molecule has 0 spiro atoms. The van der Waals surface area contributed by atoms with Crippen molar-refractivity contribution in [2.45, 2.75) is 40.5 Å². The highest BCUT2D eigenvalue weighted by molar-refractivity contribution is 5.63. The zero-order valence-corrected chi connectivity index (χ0v) is 11.0. The monoisotopic (exact) mass is 220 g/mol. The Hall–Kier alpha value is -1.18. The maximum absolute atomic E-state index is 5.92. The lowest BCUT2D eigenvalue weighted by Gasteiger charge is -2.26. The van der Waals surface area contributed by atoms with Gasteiger partial charge in [0.1, 0.15) is 0 Å². The molecule has 0 saturated heterocycles. The molecule has 0 unspecified atom stereocenters. The van der Waals surface area contributed by atoms with Crippen molar-refractivity contribution < 1.29 is 0 Å². The summed E-state index contributed by atoms with van der Waals surface area (Å²) in [4.78, 5) is 2.46. The molecule has 0 fully saturated rings. The summed E-state index contributed by atoms with van der Waals surface area (Å²) >= 11 is 0. The van der Waals surface area contributed by atoms with Crippen LogP contribution in [-0.2, 0) is 0 Å². The van der Waals surface area contributed by atoms with Gasteiger partial charge < -0.3 is 10.6 Å². The number of hydrogen-bond donors (Lipinski definition) is 1. The average Bonchev–Trinajstić information content (AvgIpc) is 2.23. The van der Waals surface area contributed by atoms with Gasteiger partial charge in [-0.15, -0.1) is 0 Å². The first-order valence-corrected chi connectivity index (χ1v) is 6.21. The SMILES string of the molecule is CCCN(CCC)c1cc(C)c(N)cc1C. The van der Waals surface area contributed by atoms with Gasteiger partial charge in [0.2, 0.25) is 0 Å². The normalized spacial score (nSPS) is 10.5. The van der Waals surface area contributed by atoms with Crippen LogP contribution < -0.4 is 10.6 Å². The Kier molecular flexibility index (Phi) is 4.66. The van der Waals surface area contributed by atoms with Crippen LogP contribution in [-0.4, -0.2) is 13.1 Å². The third-order valence-corrected chi connectivity index (χ3v) is 2.91. The van der Waals surface area contributed by atoms with E-state index >= 15 is 0 Å². The second kappa shape index (κ2) is 5.78. The van der Waals surface area contributed by atoms with Gasteiger partial charge in [-0.3, -0.25) is 0 Å². The molecule has 0 amide bonds. The number of benzene rings is 1. The number of rotatable bonds is 5. The van der Waals surface area contributed by atoms with Crippen molar-refractivity contribution in [2.75, 3.05) is 23.7 Å². The van der Waals surface area contributed by atoms with Gasteiger partial charge in [-0.1, -0.05) is 13.8 Å². The molecular formula is C14H24N2. The molecule has 0 atom stereocenters. The zero-order chi connectivity index (χ0) is 12.1. The van der Waals surface area contributed by atoms with Crippen LogP contribution >= 0.6 is 0 Å². The predicted molar refractivity (Wildman–Crippen MR) is 73.1 cm³/mol. The first kappa shape index (κ1) is 12.9. The molecule has 1 aromatic rings. The Morgan fingerprint density at radius 3 is 2.06 bits per heavy atom. The van der Waals surface area contributed by atoms with Crippen LogP contribution in [0.15, 0.2) is 12.1 Å². The lowest BCUT2D eigenvalue weighted by Crippen LogP contribution is -2.25. The van der Waals surface area contributed by atoms with Gasteiger partial charge in [0, 0.05) is 24.5 Å². The fraction of sp³-hybridized carbons (Fsp3) is 0.571. The Bertz CT molecular complexity index is 339. The van der Waals surface area contributed by atoms with Crippen molar-refractivity contribution >= 4 is 11.4 Å². The molecule has 90 valence electrons. The number of nitrogens with zero attached hydrogens (tertiary/aromatic N) is 1. The maximum atomic E-state index is 5.92. The molecule has 2 N–H and O–H groups in total. The topological polar surface area (TPSA) is 29.3 Å². The number of nitrogen functional groups attached to an aromatic ring is 1. The van der Waals surface area contributed by atoms with Crippen LogP contribution in [0.25, 0.3) is 0 Å². The molecular weight excluding hydrogens is 196 g/mol. The summed E-state index contributed by atoms with van der Waals surface area (Å²) in [6.45, 7) is 10.9. The molecule has 0 heterocycles. The minimum Gasteiger partial charge on any atom is -0.399 e. The second-order valence-electron chi connectivity index (χ2n) is 4.48. The highest BCUT2D eigenvalue weighted by Gasteiger charge is 2.09. The van der Waals surface area contributed by atoms with Gasteiger partial charge in [0.15, 0.2) is 0 Å². The van der Waals surface area contributed by atoms with E-state index in [0.29, 0.717) is 0 Å². The third-order valence-electron chi connectivity index (χ3n) is 2.91.